The summed E-state index contributed by atoms with van der Waals surface area (Å²) in [5, 5.41) is 0. The summed E-state index contributed by atoms with van der Waals surface area (Å²) >= 11 is 0. The molecule has 0 bridgehead atoms. The van der Waals surface area contributed by atoms with Crippen LogP contribution < -0.4 is 10.9 Å². The van der Waals surface area contributed by atoms with Gasteiger partial charge in [0.1, 0.15) is 5.60 Å². The van der Waals surface area contributed by atoms with Crippen LogP contribution in [0.3, 0.4) is 0 Å². The fourth-order valence-corrected chi connectivity index (χ4v) is 1.39. The smallest absolute Gasteiger partial charge is 0.422 e. The van der Waals surface area contributed by atoms with Crippen molar-refractivity contribution in [3.63, 3.8) is 0 Å². The second-order valence-electron chi connectivity index (χ2n) is 2.90. The lowest BCUT2D eigenvalue weighted by molar-refractivity contribution is -0.0670. The Morgan fingerprint density at radius 1 is 1.50 bits per heavy atom. The number of hydrogen-bond donors (Lipinski definition) is 2. The van der Waals surface area contributed by atoms with E-state index < -0.39 is 0 Å². The third-order valence-electron chi connectivity index (χ3n) is 2.17. The van der Waals surface area contributed by atoms with E-state index in [1.165, 1.54) is 6.42 Å². The average Bonchev–Trinajstić information content (AvgIpc) is 1.85. The van der Waals surface area contributed by atoms with Gasteiger partial charge in [-0.15, -0.1) is 0 Å². The lowest BCUT2D eigenvalue weighted by Gasteiger charge is -2.43. The molecule has 0 aromatic rings. The quantitative estimate of drug-likeness (QED) is 0.506. The molecule has 2 rings (SSSR count). The zero-order valence-corrected chi connectivity index (χ0v) is 5.64. The van der Waals surface area contributed by atoms with Crippen molar-refractivity contribution < 1.29 is 9.53 Å². The van der Waals surface area contributed by atoms with Gasteiger partial charge in [-0.25, -0.2) is 10.2 Å². The Bertz CT molecular complexity index is 165. The number of nitrogens with one attached hydrogen (secondary N) is 2. The Labute approximate surface area is 58.9 Å². The number of ether oxygens (including phenoxy) is 1. The minimum Gasteiger partial charge on any atom is -0.441 e. The first-order chi connectivity index (χ1) is 4.81. The zero-order valence-electron chi connectivity index (χ0n) is 5.64. The molecule has 1 aliphatic carbocycles. The molecule has 1 heterocycles. The molecule has 1 aliphatic heterocycles. The molecule has 1 amide bonds. The number of hydrogen-bond acceptors (Lipinski definition) is 3. The van der Waals surface area contributed by atoms with Crippen LogP contribution in [0, 0.1) is 0 Å². The first-order valence-corrected chi connectivity index (χ1v) is 3.53. The van der Waals surface area contributed by atoms with E-state index in [0.29, 0.717) is 0 Å². The molecular weight excluding hydrogens is 132 g/mol. The van der Waals surface area contributed by atoms with E-state index in [0.717, 1.165) is 19.4 Å². The summed E-state index contributed by atoms with van der Waals surface area (Å²) in [5.41, 5.74) is 5.05. The second kappa shape index (κ2) is 1.85. The van der Waals surface area contributed by atoms with E-state index in [2.05, 4.69) is 10.9 Å². The minimum atomic E-state index is -0.342. The Morgan fingerprint density at radius 2 is 2.30 bits per heavy atom. The molecule has 4 heteroatoms. The Balaban J connectivity index is 2.02. The van der Waals surface area contributed by atoms with Crippen LogP contribution in [-0.2, 0) is 4.74 Å². The van der Waals surface area contributed by atoms with Gasteiger partial charge in [0.2, 0.25) is 0 Å². The molecule has 56 valence electrons. The molecule has 4 nitrogen and oxygen atoms in total. The highest BCUT2D eigenvalue weighted by molar-refractivity contribution is 5.68. The maximum absolute atomic E-state index is 10.7. The number of rotatable bonds is 0. The van der Waals surface area contributed by atoms with Crippen LogP contribution in [0.1, 0.15) is 19.3 Å². The monoisotopic (exact) mass is 142 g/mol. The van der Waals surface area contributed by atoms with Crippen molar-refractivity contribution in [1.82, 2.24) is 10.9 Å². The lowest BCUT2D eigenvalue weighted by Crippen LogP contribution is -2.60. The van der Waals surface area contributed by atoms with Gasteiger partial charge in [-0.1, -0.05) is 0 Å². The van der Waals surface area contributed by atoms with Gasteiger partial charge < -0.3 is 4.74 Å². The van der Waals surface area contributed by atoms with Crippen molar-refractivity contribution >= 4 is 6.09 Å². The van der Waals surface area contributed by atoms with Crippen LogP contribution in [0.5, 0.6) is 0 Å². The van der Waals surface area contributed by atoms with Crippen molar-refractivity contribution in [1.29, 1.82) is 0 Å². The summed E-state index contributed by atoms with van der Waals surface area (Å²) in [6.07, 6.45) is 2.85. The van der Waals surface area contributed by atoms with Crippen molar-refractivity contribution in [2.75, 3.05) is 6.54 Å². The largest absolute Gasteiger partial charge is 0.441 e. The molecule has 0 aromatic carbocycles. The summed E-state index contributed by atoms with van der Waals surface area (Å²) in [6.45, 7) is 0.749. The zero-order chi connectivity index (χ0) is 7.03. The highest BCUT2D eigenvalue weighted by Gasteiger charge is 2.42. The predicted molar refractivity (Wildman–Crippen MR) is 34.2 cm³/mol. The van der Waals surface area contributed by atoms with Crippen LogP contribution >= 0.6 is 0 Å². The second-order valence-corrected chi connectivity index (χ2v) is 2.90. The maximum atomic E-state index is 10.7. The highest BCUT2D eigenvalue weighted by atomic mass is 16.6. The number of carbonyl (C=O) groups is 1. The van der Waals surface area contributed by atoms with Crippen LogP contribution in [0.15, 0.2) is 0 Å². The molecule has 0 atom stereocenters. The van der Waals surface area contributed by atoms with E-state index in [9.17, 15) is 4.79 Å². The van der Waals surface area contributed by atoms with E-state index in [1.807, 2.05) is 0 Å². The molecule has 1 saturated carbocycles. The molecule has 1 spiro atoms. The number of carbonyl (C=O) groups excluding carboxylic acids is 1. The average molecular weight is 142 g/mol. The predicted octanol–water partition coefficient (Wildman–Crippen LogP) is 0.153. The molecule has 2 N–H and O–H groups in total. The first-order valence-electron chi connectivity index (χ1n) is 3.53. The number of hydrazine groups is 1. The molecule has 2 aliphatic rings. The molecule has 0 aromatic heterocycles. The standard InChI is InChI=1S/C6H10N2O2/c9-5-8-7-4-6(10-5)2-1-3-6/h7H,1-4H2,(H,8,9). The third kappa shape index (κ3) is 0.759. The Kier molecular flexibility index (Phi) is 1.11. The summed E-state index contributed by atoms with van der Waals surface area (Å²) in [6, 6.07) is 0. The van der Waals surface area contributed by atoms with Crippen LogP contribution in [0.2, 0.25) is 0 Å². The molecular formula is C6H10N2O2. The van der Waals surface area contributed by atoms with Gasteiger partial charge in [0, 0.05) is 0 Å². The summed E-state index contributed by atoms with van der Waals surface area (Å²) in [4.78, 5) is 10.7. The SMILES string of the molecule is O=C1NNCC2(CCC2)O1. The van der Waals surface area contributed by atoms with Crippen molar-refractivity contribution in [2.24, 2.45) is 0 Å². The lowest BCUT2D eigenvalue weighted by atomic mass is 9.80. The fraction of sp³-hybridized carbons (Fsp3) is 0.833. The van der Waals surface area contributed by atoms with Crippen LogP contribution in [-0.4, -0.2) is 18.2 Å². The summed E-state index contributed by atoms with van der Waals surface area (Å²) in [5.74, 6) is 0. The third-order valence-corrected chi connectivity index (χ3v) is 2.17. The Morgan fingerprint density at radius 3 is 2.70 bits per heavy atom. The first kappa shape index (κ1) is 5.97. The number of amides is 1. The van der Waals surface area contributed by atoms with Crippen molar-refractivity contribution in [3.05, 3.63) is 0 Å². The minimum absolute atomic E-state index is 0.150. The normalized spacial score (nSPS) is 28.6. The van der Waals surface area contributed by atoms with E-state index in [-0.39, 0.29) is 11.7 Å². The van der Waals surface area contributed by atoms with Crippen LogP contribution in [0.25, 0.3) is 0 Å². The molecule has 0 unspecified atom stereocenters. The van der Waals surface area contributed by atoms with Gasteiger partial charge in [-0.05, 0) is 19.3 Å². The van der Waals surface area contributed by atoms with Gasteiger partial charge in [0.05, 0.1) is 6.54 Å². The van der Waals surface area contributed by atoms with Gasteiger partial charge >= 0.3 is 6.09 Å². The van der Waals surface area contributed by atoms with Gasteiger partial charge in [-0.2, -0.15) is 0 Å². The van der Waals surface area contributed by atoms with E-state index in [4.69, 9.17) is 4.74 Å². The van der Waals surface area contributed by atoms with Crippen molar-refractivity contribution in [3.8, 4) is 0 Å². The van der Waals surface area contributed by atoms with Crippen LogP contribution in [0.4, 0.5) is 4.79 Å². The van der Waals surface area contributed by atoms with E-state index >= 15 is 0 Å². The topological polar surface area (TPSA) is 50.4 Å². The molecule has 10 heavy (non-hydrogen) atoms. The molecule has 2 fully saturated rings. The van der Waals surface area contributed by atoms with Gasteiger partial charge in [-0.3, -0.25) is 5.43 Å². The Hall–Kier alpha value is -0.770. The maximum Gasteiger partial charge on any atom is 0.422 e. The van der Waals surface area contributed by atoms with Gasteiger partial charge in [0.25, 0.3) is 0 Å². The molecule has 1 saturated heterocycles. The highest BCUT2D eigenvalue weighted by Crippen LogP contribution is 2.35. The van der Waals surface area contributed by atoms with Crippen molar-refractivity contribution in [2.45, 2.75) is 24.9 Å². The van der Waals surface area contributed by atoms with E-state index in [1.54, 1.807) is 0 Å². The summed E-state index contributed by atoms with van der Waals surface area (Å²) < 4.78 is 5.10. The molecule has 0 radical (unpaired) electrons. The van der Waals surface area contributed by atoms with Gasteiger partial charge in [0.15, 0.2) is 0 Å². The fourth-order valence-electron chi connectivity index (χ4n) is 1.39. The summed E-state index contributed by atoms with van der Waals surface area (Å²) in [7, 11) is 0.